The lowest BCUT2D eigenvalue weighted by Gasteiger charge is -2.33. The summed E-state index contributed by atoms with van der Waals surface area (Å²) in [4.78, 5) is 26.4. The van der Waals surface area contributed by atoms with Crippen molar-refractivity contribution in [2.24, 2.45) is 0 Å². The summed E-state index contributed by atoms with van der Waals surface area (Å²) in [7, 11) is -3.69. The lowest BCUT2D eigenvalue weighted by molar-refractivity contribution is 0.0697. The summed E-state index contributed by atoms with van der Waals surface area (Å²) in [6, 6.07) is 5.40. The minimum atomic E-state index is -3.69. The Balaban J connectivity index is 1.32. The number of H-pyrrole nitrogens is 1. The van der Waals surface area contributed by atoms with Gasteiger partial charge in [-0.1, -0.05) is 0 Å². The lowest BCUT2D eigenvalue weighted by Crippen LogP contribution is -2.50. The van der Waals surface area contributed by atoms with Gasteiger partial charge in [0.15, 0.2) is 5.65 Å². The van der Waals surface area contributed by atoms with Crippen LogP contribution in [0.25, 0.3) is 22.1 Å². The van der Waals surface area contributed by atoms with Crippen LogP contribution in [0.4, 0.5) is 0 Å². The molecule has 166 valence electrons. The molecule has 4 aromatic heterocycles. The zero-order chi connectivity index (χ0) is 22.5. The first-order valence-electron chi connectivity index (χ1n) is 10.4. The number of aromatic amines is 1. The van der Waals surface area contributed by atoms with Gasteiger partial charge in [0.2, 0.25) is 10.0 Å². The number of nitrogens with one attached hydrogen (secondary N) is 1. The molecule has 11 heteroatoms. The molecule has 4 aromatic rings. The molecule has 1 aliphatic rings. The van der Waals surface area contributed by atoms with E-state index in [2.05, 4.69) is 20.1 Å². The van der Waals surface area contributed by atoms with Crippen LogP contribution in [0.15, 0.2) is 47.9 Å². The van der Waals surface area contributed by atoms with Crippen molar-refractivity contribution in [2.75, 3.05) is 26.2 Å². The second-order valence-corrected chi connectivity index (χ2v) is 9.97. The summed E-state index contributed by atoms with van der Waals surface area (Å²) in [5, 5.41) is 5.71. The van der Waals surface area contributed by atoms with Crippen molar-refractivity contribution in [1.82, 2.24) is 33.9 Å². The largest absolute Gasteiger partial charge is 0.345 e. The molecule has 0 spiro atoms. The minimum Gasteiger partial charge on any atom is -0.345 e. The number of hydrogen-bond donors (Lipinski definition) is 1. The second-order valence-electron chi connectivity index (χ2n) is 8.07. The Morgan fingerprint density at radius 2 is 1.91 bits per heavy atom. The van der Waals surface area contributed by atoms with Crippen LogP contribution >= 0.6 is 0 Å². The molecule has 0 unspecified atom stereocenters. The maximum Gasteiger partial charge on any atom is 0.255 e. The fourth-order valence-corrected chi connectivity index (χ4v) is 5.61. The predicted octanol–water partition coefficient (Wildman–Crippen LogP) is 2.04. The number of amides is 1. The highest BCUT2D eigenvalue weighted by Gasteiger charge is 2.32. The third-order valence-corrected chi connectivity index (χ3v) is 7.66. The van der Waals surface area contributed by atoms with Crippen LogP contribution < -0.4 is 0 Å². The average molecular weight is 454 g/mol. The van der Waals surface area contributed by atoms with Crippen molar-refractivity contribution in [3.63, 3.8) is 0 Å². The van der Waals surface area contributed by atoms with E-state index in [0.717, 1.165) is 11.0 Å². The molecule has 0 bridgehead atoms. The highest BCUT2D eigenvalue weighted by atomic mass is 32.2. The fourth-order valence-electron chi connectivity index (χ4n) is 4.03. The molecule has 5 rings (SSSR count). The number of sulfonamides is 1. The molecule has 1 aliphatic heterocycles. The number of nitrogens with zero attached hydrogens (tertiary/aromatic N) is 6. The SMILES string of the molecule is CC(C)n1ncc2cc(C(=O)N3CCN(S(=O)(=O)c4c[nH]c5ncccc45)CC3)cnc21. The quantitative estimate of drug-likeness (QED) is 0.505. The van der Waals surface area contributed by atoms with Gasteiger partial charge in [-0.3, -0.25) is 4.79 Å². The number of carbonyl (C=O) groups is 1. The van der Waals surface area contributed by atoms with Crippen molar-refractivity contribution in [1.29, 1.82) is 0 Å². The topological polar surface area (TPSA) is 117 Å². The van der Waals surface area contributed by atoms with Gasteiger partial charge >= 0.3 is 0 Å². The second kappa shape index (κ2) is 7.68. The van der Waals surface area contributed by atoms with E-state index in [1.54, 1.807) is 41.7 Å². The van der Waals surface area contributed by atoms with E-state index >= 15 is 0 Å². The summed E-state index contributed by atoms with van der Waals surface area (Å²) >= 11 is 0. The minimum absolute atomic E-state index is 0.162. The third-order valence-electron chi connectivity index (χ3n) is 5.73. The van der Waals surface area contributed by atoms with Crippen molar-refractivity contribution in [3.05, 3.63) is 48.5 Å². The monoisotopic (exact) mass is 453 g/mol. The molecule has 1 saturated heterocycles. The van der Waals surface area contributed by atoms with E-state index in [1.807, 2.05) is 18.5 Å². The Kier molecular flexibility index (Phi) is 4.94. The van der Waals surface area contributed by atoms with E-state index in [-0.39, 0.29) is 29.9 Å². The van der Waals surface area contributed by atoms with Gasteiger partial charge in [-0.15, -0.1) is 0 Å². The number of piperazine rings is 1. The summed E-state index contributed by atoms with van der Waals surface area (Å²) in [6.07, 6.45) is 6.36. The van der Waals surface area contributed by atoms with Crippen molar-refractivity contribution in [3.8, 4) is 0 Å². The van der Waals surface area contributed by atoms with Gasteiger partial charge in [0.1, 0.15) is 10.5 Å². The number of pyridine rings is 2. The first-order chi connectivity index (χ1) is 15.4. The number of carbonyl (C=O) groups excluding carboxylic acids is 1. The molecule has 0 aliphatic carbocycles. The fraction of sp³-hybridized carbons (Fsp3) is 0.333. The van der Waals surface area contributed by atoms with Gasteiger partial charge in [-0.2, -0.15) is 9.40 Å². The zero-order valence-electron chi connectivity index (χ0n) is 17.8. The van der Waals surface area contributed by atoms with E-state index in [9.17, 15) is 13.2 Å². The lowest BCUT2D eigenvalue weighted by atomic mass is 10.2. The Labute approximate surface area is 184 Å². The van der Waals surface area contributed by atoms with E-state index in [1.165, 1.54) is 10.5 Å². The first kappa shape index (κ1) is 20.6. The summed E-state index contributed by atoms with van der Waals surface area (Å²) < 4.78 is 29.6. The molecule has 0 atom stereocenters. The Morgan fingerprint density at radius 1 is 1.12 bits per heavy atom. The number of aromatic nitrogens is 5. The molecule has 1 fully saturated rings. The highest BCUT2D eigenvalue weighted by Crippen LogP contribution is 2.25. The number of fused-ring (bicyclic) bond motifs is 2. The molecule has 5 heterocycles. The van der Waals surface area contributed by atoms with Crippen LogP contribution in [0.1, 0.15) is 30.2 Å². The van der Waals surface area contributed by atoms with Crippen LogP contribution in [0.5, 0.6) is 0 Å². The maximum absolute atomic E-state index is 13.2. The highest BCUT2D eigenvalue weighted by molar-refractivity contribution is 7.89. The maximum atomic E-state index is 13.2. The number of hydrogen-bond acceptors (Lipinski definition) is 6. The normalized spacial score (nSPS) is 15.8. The van der Waals surface area contributed by atoms with Crippen LogP contribution in [-0.4, -0.2) is 74.4 Å². The molecule has 0 radical (unpaired) electrons. The Bertz CT molecular complexity index is 1420. The summed E-state index contributed by atoms with van der Waals surface area (Å²) in [5.74, 6) is -0.162. The van der Waals surface area contributed by atoms with Gasteiger partial charge in [-0.05, 0) is 32.0 Å². The third kappa shape index (κ3) is 3.33. The van der Waals surface area contributed by atoms with Crippen LogP contribution in [-0.2, 0) is 10.0 Å². The molecule has 10 nitrogen and oxygen atoms in total. The van der Waals surface area contributed by atoms with Crippen LogP contribution in [0.2, 0.25) is 0 Å². The molecular formula is C21H23N7O3S. The molecule has 32 heavy (non-hydrogen) atoms. The predicted molar refractivity (Wildman–Crippen MR) is 119 cm³/mol. The van der Waals surface area contributed by atoms with Crippen molar-refractivity contribution in [2.45, 2.75) is 24.8 Å². The van der Waals surface area contributed by atoms with Gasteiger partial charge in [0.25, 0.3) is 5.91 Å². The van der Waals surface area contributed by atoms with Crippen molar-refractivity contribution >= 4 is 38.0 Å². The van der Waals surface area contributed by atoms with E-state index in [0.29, 0.717) is 29.7 Å². The Morgan fingerprint density at radius 3 is 2.66 bits per heavy atom. The van der Waals surface area contributed by atoms with Crippen LogP contribution in [0.3, 0.4) is 0 Å². The van der Waals surface area contributed by atoms with Gasteiger partial charge in [-0.25, -0.2) is 23.1 Å². The average Bonchev–Trinajstić information content (AvgIpc) is 3.43. The molecular weight excluding hydrogens is 430 g/mol. The Hall–Kier alpha value is -3.31. The summed E-state index contributed by atoms with van der Waals surface area (Å²) in [5.41, 5.74) is 1.74. The van der Waals surface area contributed by atoms with Crippen molar-refractivity contribution < 1.29 is 13.2 Å². The van der Waals surface area contributed by atoms with Gasteiger partial charge in [0.05, 0.1) is 11.8 Å². The van der Waals surface area contributed by atoms with E-state index in [4.69, 9.17) is 0 Å². The first-order valence-corrected chi connectivity index (χ1v) is 11.8. The van der Waals surface area contributed by atoms with E-state index < -0.39 is 10.0 Å². The standard InChI is InChI=1S/C21H23N7O3S/c1-14(2)28-20-15(12-25-28)10-16(11-24-20)21(29)26-6-8-27(9-7-26)32(30,31)18-13-23-19-17(18)4-3-5-22-19/h3-5,10-14H,6-9H2,1-2H3,(H,22,23). The van der Waals surface area contributed by atoms with Crippen LogP contribution in [0, 0.1) is 0 Å². The smallest absolute Gasteiger partial charge is 0.255 e. The van der Waals surface area contributed by atoms with Gasteiger partial charge in [0, 0.05) is 61.6 Å². The molecule has 0 aromatic carbocycles. The number of rotatable bonds is 4. The molecule has 1 amide bonds. The molecule has 1 N–H and O–H groups in total. The zero-order valence-corrected chi connectivity index (χ0v) is 18.6. The molecule has 0 saturated carbocycles. The summed E-state index contributed by atoms with van der Waals surface area (Å²) in [6.45, 7) is 5.11. The van der Waals surface area contributed by atoms with Gasteiger partial charge < -0.3 is 9.88 Å².